The number of amides is 2. The number of benzene rings is 1. The molecule has 0 saturated heterocycles. The lowest BCUT2D eigenvalue weighted by Gasteiger charge is -2.34. The zero-order valence-electron chi connectivity index (χ0n) is 12.5. The number of urea groups is 1. The van der Waals surface area contributed by atoms with Crippen molar-refractivity contribution in [1.82, 2.24) is 5.32 Å². The van der Waals surface area contributed by atoms with Gasteiger partial charge in [-0.1, -0.05) is 13.0 Å². The van der Waals surface area contributed by atoms with Crippen LogP contribution in [0, 0.1) is 17.2 Å². The highest BCUT2D eigenvalue weighted by Gasteiger charge is 2.35. The Morgan fingerprint density at radius 2 is 2.14 bits per heavy atom. The van der Waals surface area contributed by atoms with Gasteiger partial charge in [-0.15, -0.1) is 0 Å². The average molecular weight is 287 g/mol. The number of carbonyl (C=O) groups excluding carboxylic acids is 1. The molecule has 21 heavy (non-hydrogen) atoms. The number of methoxy groups -OCH3 is 1. The summed E-state index contributed by atoms with van der Waals surface area (Å²) in [6.45, 7) is 2.18. The topological polar surface area (TPSA) is 74.2 Å². The van der Waals surface area contributed by atoms with Gasteiger partial charge in [0.1, 0.15) is 11.3 Å². The van der Waals surface area contributed by atoms with Gasteiger partial charge in [0.15, 0.2) is 0 Å². The van der Waals surface area contributed by atoms with E-state index in [0.717, 1.165) is 12.8 Å². The van der Waals surface area contributed by atoms with Gasteiger partial charge in [0.05, 0.1) is 13.2 Å². The van der Waals surface area contributed by atoms with Crippen molar-refractivity contribution in [1.29, 1.82) is 5.26 Å². The molecule has 5 heteroatoms. The van der Waals surface area contributed by atoms with E-state index >= 15 is 0 Å². The fraction of sp³-hybridized carbons (Fsp3) is 0.500. The number of carbonyl (C=O) groups is 1. The van der Waals surface area contributed by atoms with E-state index in [-0.39, 0.29) is 6.03 Å². The van der Waals surface area contributed by atoms with Crippen molar-refractivity contribution in [3.63, 3.8) is 0 Å². The number of ether oxygens (including phenoxy) is 1. The maximum atomic E-state index is 12.1. The molecular formula is C16H21N3O2. The summed E-state index contributed by atoms with van der Waals surface area (Å²) in [6, 6.07) is 9.06. The Labute approximate surface area is 125 Å². The van der Waals surface area contributed by atoms with Crippen molar-refractivity contribution in [3.8, 4) is 11.8 Å². The van der Waals surface area contributed by atoms with Crippen molar-refractivity contribution in [3.05, 3.63) is 24.3 Å². The van der Waals surface area contributed by atoms with Gasteiger partial charge in [-0.25, -0.2) is 4.79 Å². The Morgan fingerprint density at radius 3 is 2.76 bits per heavy atom. The van der Waals surface area contributed by atoms with Crippen LogP contribution in [-0.4, -0.2) is 18.7 Å². The van der Waals surface area contributed by atoms with Crippen molar-refractivity contribution < 1.29 is 9.53 Å². The second-order valence-electron chi connectivity index (χ2n) is 5.69. The molecule has 1 fully saturated rings. The molecule has 1 aliphatic carbocycles. The Kier molecular flexibility index (Phi) is 4.69. The quantitative estimate of drug-likeness (QED) is 0.895. The molecule has 1 aromatic rings. The van der Waals surface area contributed by atoms with E-state index in [1.807, 2.05) is 6.07 Å². The second kappa shape index (κ2) is 6.49. The standard InChI is InChI=1S/C16H21N3O2/c1-12-6-8-16(11-17,9-7-12)19-15(20)18-13-4-3-5-14(10-13)21-2/h3-5,10,12H,6-9H2,1-2H3,(H2,18,19,20). The minimum atomic E-state index is -0.741. The largest absolute Gasteiger partial charge is 0.497 e. The van der Waals surface area contributed by atoms with E-state index in [0.29, 0.717) is 30.2 Å². The van der Waals surface area contributed by atoms with Crippen LogP contribution >= 0.6 is 0 Å². The van der Waals surface area contributed by atoms with Gasteiger partial charge in [-0.3, -0.25) is 0 Å². The van der Waals surface area contributed by atoms with Gasteiger partial charge in [-0.05, 0) is 43.7 Å². The van der Waals surface area contributed by atoms with Crippen molar-refractivity contribution >= 4 is 11.7 Å². The molecule has 2 amide bonds. The number of rotatable bonds is 3. The molecule has 112 valence electrons. The van der Waals surface area contributed by atoms with E-state index < -0.39 is 5.54 Å². The summed E-state index contributed by atoms with van der Waals surface area (Å²) in [4.78, 5) is 12.1. The minimum Gasteiger partial charge on any atom is -0.497 e. The van der Waals surface area contributed by atoms with E-state index in [2.05, 4.69) is 23.6 Å². The van der Waals surface area contributed by atoms with Crippen LogP contribution < -0.4 is 15.4 Å². The number of hydrogen-bond acceptors (Lipinski definition) is 3. The smallest absolute Gasteiger partial charge is 0.320 e. The summed E-state index contributed by atoms with van der Waals surface area (Å²) in [5, 5.41) is 15.0. The molecule has 2 N–H and O–H groups in total. The monoisotopic (exact) mass is 287 g/mol. The lowest BCUT2D eigenvalue weighted by atomic mass is 9.78. The third-order valence-corrected chi connectivity index (χ3v) is 4.02. The maximum Gasteiger partial charge on any atom is 0.320 e. The SMILES string of the molecule is COc1cccc(NC(=O)NC2(C#N)CCC(C)CC2)c1. The zero-order chi connectivity index (χ0) is 15.3. The van der Waals surface area contributed by atoms with E-state index in [1.165, 1.54) is 0 Å². The molecule has 0 atom stereocenters. The molecule has 0 heterocycles. The van der Waals surface area contributed by atoms with Crippen molar-refractivity contribution in [2.75, 3.05) is 12.4 Å². The van der Waals surface area contributed by atoms with E-state index in [9.17, 15) is 10.1 Å². The lowest BCUT2D eigenvalue weighted by Crippen LogP contribution is -2.51. The van der Waals surface area contributed by atoms with Gasteiger partial charge in [-0.2, -0.15) is 5.26 Å². The number of nitrogens with one attached hydrogen (secondary N) is 2. The fourth-order valence-electron chi connectivity index (χ4n) is 2.60. The molecule has 1 aromatic carbocycles. The summed E-state index contributed by atoms with van der Waals surface area (Å²) >= 11 is 0. The van der Waals surface area contributed by atoms with Crippen LogP contribution in [-0.2, 0) is 0 Å². The molecular weight excluding hydrogens is 266 g/mol. The van der Waals surface area contributed by atoms with E-state index in [4.69, 9.17) is 4.74 Å². The predicted molar refractivity (Wildman–Crippen MR) is 81.1 cm³/mol. The first-order chi connectivity index (χ1) is 10.1. The third-order valence-electron chi connectivity index (χ3n) is 4.02. The normalized spacial score (nSPS) is 24.7. The van der Waals surface area contributed by atoms with Gasteiger partial charge in [0, 0.05) is 11.8 Å². The van der Waals surface area contributed by atoms with Crippen LogP contribution in [0.5, 0.6) is 5.75 Å². The number of hydrogen-bond donors (Lipinski definition) is 2. The van der Waals surface area contributed by atoms with Crippen LogP contribution in [0.15, 0.2) is 24.3 Å². The molecule has 1 aliphatic rings. The molecule has 0 unspecified atom stereocenters. The highest BCUT2D eigenvalue weighted by atomic mass is 16.5. The number of nitriles is 1. The zero-order valence-corrected chi connectivity index (χ0v) is 12.5. The third kappa shape index (κ3) is 3.88. The molecule has 0 bridgehead atoms. The van der Waals surface area contributed by atoms with Gasteiger partial charge in [0.2, 0.25) is 0 Å². The number of anilines is 1. The molecule has 5 nitrogen and oxygen atoms in total. The van der Waals surface area contributed by atoms with Crippen LogP contribution in [0.2, 0.25) is 0 Å². The fourth-order valence-corrected chi connectivity index (χ4v) is 2.60. The first-order valence-electron chi connectivity index (χ1n) is 7.21. The summed E-state index contributed by atoms with van der Waals surface area (Å²) < 4.78 is 5.12. The van der Waals surface area contributed by atoms with Crippen LogP contribution in [0.25, 0.3) is 0 Å². The first kappa shape index (κ1) is 15.2. The second-order valence-corrected chi connectivity index (χ2v) is 5.69. The molecule has 0 spiro atoms. The summed E-state index contributed by atoms with van der Waals surface area (Å²) in [5.74, 6) is 1.30. The Morgan fingerprint density at radius 1 is 1.43 bits per heavy atom. The summed E-state index contributed by atoms with van der Waals surface area (Å²) in [7, 11) is 1.58. The van der Waals surface area contributed by atoms with Crippen LogP contribution in [0.1, 0.15) is 32.6 Å². The molecule has 0 aromatic heterocycles. The first-order valence-corrected chi connectivity index (χ1v) is 7.21. The maximum absolute atomic E-state index is 12.1. The molecule has 0 aliphatic heterocycles. The highest BCUT2D eigenvalue weighted by molar-refractivity contribution is 5.90. The van der Waals surface area contributed by atoms with Crippen molar-refractivity contribution in [2.24, 2.45) is 5.92 Å². The number of nitrogens with zero attached hydrogens (tertiary/aromatic N) is 1. The Hall–Kier alpha value is -2.22. The summed E-state index contributed by atoms with van der Waals surface area (Å²) in [5.41, 5.74) is -0.0979. The predicted octanol–water partition coefficient (Wildman–Crippen LogP) is 3.29. The highest BCUT2D eigenvalue weighted by Crippen LogP contribution is 2.31. The van der Waals surface area contributed by atoms with E-state index in [1.54, 1.807) is 25.3 Å². The average Bonchev–Trinajstić information content (AvgIpc) is 2.50. The van der Waals surface area contributed by atoms with Gasteiger partial charge in [0.25, 0.3) is 0 Å². The Balaban J connectivity index is 1.98. The van der Waals surface area contributed by atoms with Gasteiger partial charge < -0.3 is 15.4 Å². The molecule has 0 radical (unpaired) electrons. The minimum absolute atomic E-state index is 0.348. The van der Waals surface area contributed by atoms with Crippen LogP contribution in [0.3, 0.4) is 0 Å². The van der Waals surface area contributed by atoms with Gasteiger partial charge >= 0.3 is 6.03 Å². The Bertz CT molecular complexity index is 543. The molecule has 1 saturated carbocycles. The lowest BCUT2D eigenvalue weighted by molar-refractivity contribution is 0.222. The molecule has 2 rings (SSSR count). The summed E-state index contributed by atoms with van der Waals surface area (Å²) in [6.07, 6.45) is 3.34. The van der Waals surface area contributed by atoms with Crippen molar-refractivity contribution in [2.45, 2.75) is 38.1 Å². The van der Waals surface area contributed by atoms with Crippen LogP contribution in [0.4, 0.5) is 10.5 Å².